The van der Waals surface area contributed by atoms with Crippen LogP contribution in [-0.2, 0) is 20.9 Å². The van der Waals surface area contributed by atoms with E-state index in [1.54, 1.807) is 4.90 Å². The van der Waals surface area contributed by atoms with Crippen LogP contribution >= 0.6 is 0 Å². The number of benzene rings is 1. The Labute approximate surface area is 141 Å². The number of piperidine rings is 1. The molecule has 6 nitrogen and oxygen atoms in total. The monoisotopic (exact) mass is 328 g/mol. The molecule has 2 aliphatic rings. The zero-order chi connectivity index (χ0) is 16.9. The largest absolute Gasteiger partial charge is 0.445 e. The van der Waals surface area contributed by atoms with Crippen molar-refractivity contribution in [1.82, 2.24) is 4.90 Å². The van der Waals surface area contributed by atoms with Gasteiger partial charge in [-0.2, -0.15) is 5.26 Å². The van der Waals surface area contributed by atoms with Gasteiger partial charge in [0.2, 0.25) is 0 Å². The number of ether oxygens (including phenoxy) is 2. The Balaban J connectivity index is 1.62. The number of hydrogen-bond acceptors (Lipinski definition) is 5. The number of fused-ring (bicyclic) bond motifs is 2. The van der Waals surface area contributed by atoms with E-state index in [1.807, 2.05) is 36.4 Å². The summed E-state index contributed by atoms with van der Waals surface area (Å²) in [4.78, 5) is 26.2. The minimum absolute atomic E-state index is 0.0355. The molecule has 1 amide bonds. The number of nitriles is 1. The van der Waals surface area contributed by atoms with Crippen LogP contribution in [0.3, 0.4) is 0 Å². The summed E-state index contributed by atoms with van der Waals surface area (Å²) in [6.45, 7) is 1.05. The average Bonchev–Trinajstić information content (AvgIpc) is 2.59. The Kier molecular flexibility index (Phi) is 5.11. The zero-order valence-electron chi connectivity index (χ0n) is 13.4. The maximum atomic E-state index is 12.5. The van der Waals surface area contributed by atoms with E-state index in [9.17, 15) is 9.59 Å². The summed E-state index contributed by atoms with van der Waals surface area (Å²) in [5.74, 6) is -0.201. The first-order valence-electron chi connectivity index (χ1n) is 8.15. The molecule has 0 spiro atoms. The molecular weight excluding hydrogens is 308 g/mol. The summed E-state index contributed by atoms with van der Waals surface area (Å²) in [6.07, 6.45) is 0.654. The molecule has 0 aliphatic carbocycles. The minimum Gasteiger partial charge on any atom is -0.445 e. The normalized spacial score (nSPS) is 25.6. The zero-order valence-corrected chi connectivity index (χ0v) is 13.4. The molecule has 2 saturated heterocycles. The fourth-order valence-corrected chi connectivity index (χ4v) is 3.49. The van der Waals surface area contributed by atoms with Crippen molar-refractivity contribution in [2.45, 2.75) is 38.0 Å². The van der Waals surface area contributed by atoms with Crippen LogP contribution in [0.5, 0.6) is 0 Å². The van der Waals surface area contributed by atoms with Gasteiger partial charge in [0, 0.05) is 5.92 Å². The van der Waals surface area contributed by atoms with Crippen molar-refractivity contribution >= 4 is 11.9 Å². The van der Waals surface area contributed by atoms with Gasteiger partial charge in [-0.05, 0) is 18.4 Å². The van der Waals surface area contributed by atoms with Gasteiger partial charge in [-0.25, -0.2) is 4.79 Å². The predicted molar refractivity (Wildman–Crippen MR) is 84.8 cm³/mol. The third kappa shape index (κ3) is 3.57. The predicted octanol–water partition coefficient (Wildman–Crippen LogP) is 2.29. The highest BCUT2D eigenvalue weighted by molar-refractivity contribution is 5.83. The highest BCUT2D eigenvalue weighted by atomic mass is 16.6. The highest BCUT2D eigenvalue weighted by Crippen LogP contribution is 2.33. The van der Waals surface area contributed by atoms with Crippen LogP contribution in [0, 0.1) is 17.2 Å². The Hall–Kier alpha value is -2.39. The maximum Gasteiger partial charge on any atom is 0.410 e. The van der Waals surface area contributed by atoms with Crippen molar-refractivity contribution in [2.24, 2.45) is 5.92 Å². The molecule has 0 radical (unpaired) electrons. The van der Waals surface area contributed by atoms with Gasteiger partial charge in [-0.15, -0.1) is 0 Å². The molecule has 0 aromatic heterocycles. The van der Waals surface area contributed by atoms with Crippen LogP contribution in [0.2, 0.25) is 0 Å². The smallest absolute Gasteiger partial charge is 0.410 e. The van der Waals surface area contributed by atoms with Gasteiger partial charge in [0.25, 0.3) is 0 Å². The van der Waals surface area contributed by atoms with Crippen LogP contribution in [0.25, 0.3) is 0 Å². The maximum absolute atomic E-state index is 12.5. The molecule has 126 valence electrons. The third-order valence-corrected chi connectivity index (χ3v) is 4.65. The van der Waals surface area contributed by atoms with Crippen molar-refractivity contribution in [2.75, 3.05) is 13.2 Å². The lowest BCUT2D eigenvalue weighted by molar-refractivity contribution is -0.130. The van der Waals surface area contributed by atoms with Crippen LogP contribution in [-0.4, -0.2) is 42.1 Å². The number of amides is 1. The summed E-state index contributed by atoms with van der Waals surface area (Å²) in [7, 11) is 0. The van der Waals surface area contributed by atoms with Crippen LogP contribution < -0.4 is 0 Å². The standard InChI is InChI=1S/C18H20N2O4/c19-7-6-17(21)14-8-15-11-23-12-16(9-14)20(15)18(22)24-10-13-4-2-1-3-5-13/h1-5,14-16H,6,8-12H2. The third-order valence-electron chi connectivity index (χ3n) is 4.65. The number of nitrogens with zero attached hydrogens (tertiary/aromatic N) is 2. The van der Waals surface area contributed by atoms with E-state index in [1.165, 1.54) is 0 Å². The van der Waals surface area contributed by atoms with E-state index in [0.29, 0.717) is 26.1 Å². The van der Waals surface area contributed by atoms with Gasteiger partial charge in [-0.1, -0.05) is 30.3 Å². The molecule has 2 fully saturated rings. The number of carbonyl (C=O) groups excluding carboxylic acids is 2. The topological polar surface area (TPSA) is 79.6 Å². The van der Waals surface area contributed by atoms with E-state index >= 15 is 0 Å². The summed E-state index contributed by atoms with van der Waals surface area (Å²) >= 11 is 0. The lowest BCUT2D eigenvalue weighted by Gasteiger charge is -2.47. The molecule has 0 saturated carbocycles. The Bertz CT molecular complexity index is 626. The summed E-state index contributed by atoms with van der Waals surface area (Å²) in [5, 5.41) is 8.71. The first kappa shape index (κ1) is 16.5. The van der Waals surface area contributed by atoms with Crippen molar-refractivity contribution in [1.29, 1.82) is 5.26 Å². The molecule has 2 unspecified atom stereocenters. The molecule has 24 heavy (non-hydrogen) atoms. The summed E-state index contributed by atoms with van der Waals surface area (Å²) < 4.78 is 11.0. The highest BCUT2D eigenvalue weighted by Gasteiger charge is 2.44. The van der Waals surface area contributed by atoms with Crippen LogP contribution in [0.1, 0.15) is 24.8 Å². The Morgan fingerprint density at radius 1 is 1.21 bits per heavy atom. The summed E-state index contributed by atoms with van der Waals surface area (Å²) in [6, 6.07) is 11.1. The quantitative estimate of drug-likeness (QED) is 0.847. The second kappa shape index (κ2) is 7.45. The molecule has 6 heteroatoms. The fourth-order valence-electron chi connectivity index (χ4n) is 3.49. The van der Waals surface area contributed by atoms with Gasteiger partial charge >= 0.3 is 6.09 Å². The molecule has 2 bridgehead atoms. The van der Waals surface area contributed by atoms with E-state index in [0.717, 1.165) is 5.56 Å². The fraction of sp³-hybridized carbons (Fsp3) is 0.500. The average molecular weight is 328 g/mol. The second-order valence-corrected chi connectivity index (χ2v) is 6.26. The molecule has 2 atom stereocenters. The number of carbonyl (C=O) groups is 2. The number of morpholine rings is 1. The molecule has 0 N–H and O–H groups in total. The molecule has 1 aromatic rings. The van der Waals surface area contributed by atoms with Crippen molar-refractivity contribution in [3.63, 3.8) is 0 Å². The van der Waals surface area contributed by atoms with Gasteiger partial charge in [0.15, 0.2) is 0 Å². The van der Waals surface area contributed by atoms with Crippen LogP contribution in [0.15, 0.2) is 30.3 Å². The minimum atomic E-state index is -0.358. The summed E-state index contributed by atoms with van der Waals surface area (Å²) in [5.41, 5.74) is 0.936. The first-order chi connectivity index (χ1) is 11.7. The van der Waals surface area contributed by atoms with Gasteiger partial charge in [0.1, 0.15) is 12.4 Å². The number of rotatable bonds is 4. The van der Waals surface area contributed by atoms with Gasteiger partial charge < -0.3 is 9.47 Å². The molecule has 2 aliphatic heterocycles. The number of Topliss-reactive ketones (excluding diaryl/α,β-unsaturated/α-hetero) is 1. The first-order valence-corrected chi connectivity index (χ1v) is 8.15. The van der Waals surface area contributed by atoms with Gasteiger partial charge in [0.05, 0.1) is 37.8 Å². The molecular formula is C18H20N2O4. The van der Waals surface area contributed by atoms with E-state index in [4.69, 9.17) is 14.7 Å². The number of ketones is 1. The van der Waals surface area contributed by atoms with E-state index < -0.39 is 0 Å². The lowest BCUT2D eigenvalue weighted by Crippen LogP contribution is -2.59. The number of hydrogen-bond donors (Lipinski definition) is 0. The van der Waals surface area contributed by atoms with Crippen molar-refractivity contribution < 1.29 is 19.1 Å². The Morgan fingerprint density at radius 3 is 2.50 bits per heavy atom. The molecule has 1 aromatic carbocycles. The van der Waals surface area contributed by atoms with E-state index in [2.05, 4.69) is 0 Å². The molecule has 3 rings (SSSR count). The SMILES string of the molecule is N#CCC(=O)C1CC2COCC(C1)N2C(=O)OCc1ccccc1. The molecule has 2 heterocycles. The second-order valence-electron chi connectivity index (χ2n) is 6.26. The van der Waals surface area contributed by atoms with Gasteiger partial charge in [-0.3, -0.25) is 9.69 Å². The van der Waals surface area contributed by atoms with Crippen molar-refractivity contribution in [3.05, 3.63) is 35.9 Å². The van der Waals surface area contributed by atoms with Crippen molar-refractivity contribution in [3.8, 4) is 6.07 Å². The van der Waals surface area contributed by atoms with E-state index in [-0.39, 0.29) is 42.9 Å². The van der Waals surface area contributed by atoms with Crippen LogP contribution in [0.4, 0.5) is 4.79 Å². The lowest BCUT2D eigenvalue weighted by atomic mass is 9.82. The Morgan fingerprint density at radius 2 is 1.88 bits per heavy atom.